The predicted molar refractivity (Wildman–Crippen MR) is 84.6 cm³/mol. The van der Waals surface area contributed by atoms with E-state index in [9.17, 15) is 5.11 Å². The van der Waals surface area contributed by atoms with Crippen LogP contribution in [0.2, 0.25) is 0 Å². The summed E-state index contributed by atoms with van der Waals surface area (Å²) >= 11 is 3.46. The van der Waals surface area contributed by atoms with Gasteiger partial charge in [0.15, 0.2) is 0 Å². The van der Waals surface area contributed by atoms with Gasteiger partial charge in [-0.2, -0.15) is 0 Å². The Labute approximate surface area is 128 Å². The smallest absolute Gasteiger partial charge is 0.120 e. The Hall–Kier alpha value is -1.39. The molecule has 2 aromatic rings. The summed E-state index contributed by atoms with van der Waals surface area (Å²) in [7, 11) is 0. The Morgan fingerprint density at radius 1 is 1.35 bits per heavy atom. The highest BCUT2D eigenvalue weighted by Gasteiger charge is 2.17. The van der Waals surface area contributed by atoms with Gasteiger partial charge in [0, 0.05) is 34.5 Å². The van der Waals surface area contributed by atoms with Crippen molar-refractivity contribution in [3.05, 3.63) is 58.3 Å². The summed E-state index contributed by atoms with van der Waals surface area (Å²) in [5.74, 6) is 0.325. The van der Waals surface area contributed by atoms with Crippen molar-refractivity contribution in [2.24, 2.45) is 0 Å². The molecule has 1 heterocycles. The van der Waals surface area contributed by atoms with E-state index in [0.717, 1.165) is 22.0 Å². The van der Waals surface area contributed by atoms with Crippen molar-refractivity contribution in [1.29, 1.82) is 0 Å². The first-order valence-corrected chi connectivity index (χ1v) is 7.55. The van der Waals surface area contributed by atoms with Crippen molar-refractivity contribution in [3.63, 3.8) is 0 Å². The van der Waals surface area contributed by atoms with Crippen LogP contribution in [0.1, 0.15) is 43.5 Å². The van der Waals surface area contributed by atoms with Crippen molar-refractivity contribution in [3.8, 4) is 5.75 Å². The maximum absolute atomic E-state index is 10.0. The summed E-state index contributed by atoms with van der Waals surface area (Å²) in [5, 5.41) is 13.6. The van der Waals surface area contributed by atoms with Gasteiger partial charge in [-0.05, 0) is 43.2 Å². The average molecular weight is 335 g/mol. The van der Waals surface area contributed by atoms with Crippen LogP contribution < -0.4 is 5.32 Å². The highest BCUT2D eigenvalue weighted by molar-refractivity contribution is 9.10. The minimum Gasteiger partial charge on any atom is -0.508 e. The Morgan fingerprint density at radius 2 is 2.15 bits per heavy atom. The van der Waals surface area contributed by atoms with E-state index in [1.807, 2.05) is 24.4 Å². The quantitative estimate of drug-likeness (QED) is 0.854. The van der Waals surface area contributed by atoms with Crippen molar-refractivity contribution in [2.75, 3.05) is 0 Å². The summed E-state index contributed by atoms with van der Waals surface area (Å²) in [6.45, 7) is 4.21. The van der Waals surface area contributed by atoms with Crippen molar-refractivity contribution < 1.29 is 5.11 Å². The van der Waals surface area contributed by atoms with Crippen LogP contribution >= 0.6 is 15.9 Å². The lowest BCUT2D eigenvalue weighted by Gasteiger charge is -2.23. The second kappa shape index (κ2) is 6.86. The number of nitrogens with zero attached hydrogens (tertiary/aromatic N) is 1. The van der Waals surface area contributed by atoms with Crippen LogP contribution in [0, 0.1) is 0 Å². The molecule has 0 radical (unpaired) electrons. The summed E-state index contributed by atoms with van der Waals surface area (Å²) in [4.78, 5) is 4.15. The van der Waals surface area contributed by atoms with E-state index in [4.69, 9.17) is 0 Å². The van der Waals surface area contributed by atoms with Crippen molar-refractivity contribution in [2.45, 2.75) is 32.4 Å². The van der Waals surface area contributed by atoms with E-state index in [2.05, 4.69) is 46.1 Å². The maximum Gasteiger partial charge on any atom is 0.120 e. The number of benzene rings is 1. The number of nitrogens with one attached hydrogen (secondary N) is 1. The standard InChI is InChI=1S/C16H19BrN2O/c1-3-15(14-9-13(17)6-7-16(14)20)19-11(2)12-5-4-8-18-10-12/h4-11,15,19-20H,3H2,1-2H3/t11-,15?/m1/s1. The average Bonchev–Trinajstić information content (AvgIpc) is 2.48. The first-order valence-electron chi connectivity index (χ1n) is 6.76. The van der Waals surface area contributed by atoms with Gasteiger partial charge >= 0.3 is 0 Å². The lowest BCUT2D eigenvalue weighted by molar-refractivity contribution is 0.419. The molecule has 0 aliphatic carbocycles. The molecule has 0 aliphatic rings. The highest BCUT2D eigenvalue weighted by Crippen LogP contribution is 2.31. The fraction of sp³-hybridized carbons (Fsp3) is 0.312. The van der Waals surface area contributed by atoms with E-state index >= 15 is 0 Å². The predicted octanol–water partition coefficient (Wildman–Crippen LogP) is 4.35. The number of aromatic nitrogens is 1. The number of pyridine rings is 1. The van der Waals surface area contributed by atoms with Gasteiger partial charge in [0.1, 0.15) is 5.75 Å². The fourth-order valence-electron chi connectivity index (χ4n) is 2.26. The van der Waals surface area contributed by atoms with Gasteiger partial charge in [-0.15, -0.1) is 0 Å². The molecule has 1 unspecified atom stereocenters. The van der Waals surface area contributed by atoms with Gasteiger partial charge in [0.05, 0.1) is 0 Å². The normalized spacial score (nSPS) is 13.9. The van der Waals surface area contributed by atoms with E-state index in [-0.39, 0.29) is 12.1 Å². The Bertz CT molecular complexity index is 560. The zero-order chi connectivity index (χ0) is 14.5. The lowest BCUT2D eigenvalue weighted by Crippen LogP contribution is -2.24. The van der Waals surface area contributed by atoms with Crippen LogP contribution in [-0.2, 0) is 0 Å². The van der Waals surface area contributed by atoms with Crippen LogP contribution in [0.5, 0.6) is 5.75 Å². The Kier molecular flexibility index (Phi) is 5.15. The van der Waals surface area contributed by atoms with Gasteiger partial charge in [-0.25, -0.2) is 0 Å². The Balaban J connectivity index is 2.19. The zero-order valence-corrected chi connectivity index (χ0v) is 13.3. The molecule has 0 spiro atoms. The molecule has 0 bridgehead atoms. The van der Waals surface area contributed by atoms with Crippen molar-refractivity contribution >= 4 is 15.9 Å². The van der Waals surface area contributed by atoms with Gasteiger partial charge in [-0.3, -0.25) is 4.98 Å². The van der Waals surface area contributed by atoms with Crippen LogP contribution in [0.25, 0.3) is 0 Å². The molecule has 0 fully saturated rings. The molecule has 1 aromatic heterocycles. The minimum atomic E-state index is 0.0997. The second-order valence-corrected chi connectivity index (χ2v) is 5.75. The van der Waals surface area contributed by atoms with E-state index in [1.165, 1.54) is 0 Å². The zero-order valence-electron chi connectivity index (χ0n) is 11.7. The number of phenols is 1. The second-order valence-electron chi connectivity index (χ2n) is 4.84. The first kappa shape index (κ1) is 15.0. The van der Waals surface area contributed by atoms with Crippen LogP contribution in [0.4, 0.5) is 0 Å². The van der Waals surface area contributed by atoms with Gasteiger partial charge in [0.25, 0.3) is 0 Å². The summed E-state index contributed by atoms with van der Waals surface area (Å²) in [6.07, 6.45) is 4.54. The van der Waals surface area contributed by atoms with E-state index < -0.39 is 0 Å². The number of rotatable bonds is 5. The topological polar surface area (TPSA) is 45.2 Å². The molecule has 4 heteroatoms. The van der Waals surface area contributed by atoms with Gasteiger partial charge in [0.2, 0.25) is 0 Å². The summed E-state index contributed by atoms with van der Waals surface area (Å²) in [5.41, 5.74) is 2.05. The number of aromatic hydroxyl groups is 1. The van der Waals surface area contributed by atoms with Crippen LogP contribution in [0.15, 0.2) is 47.2 Å². The molecule has 2 rings (SSSR count). The molecule has 0 amide bonds. The highest BCUT2D eigenvalue weighted by atomic mass is 79.9. The Morgan fingerprint density at radius 3 is 2.80 bits per heavy atom. The third-order valence-electron chi connectivity index (χ3n) is 3.41. The summed E-state index contributed by atoms with van der Waals surface area (Å²) in [6, 6.07) is 9.79. The van der Waals surface area contributed by atoms with E-state index in [0.29, 0.717) is 5.75 Å². The molecule has 20 heavy (non-hydrogen) atoms. The molecule has 0 saturated carbocycles. The van der Waals surface area contributed by atoms with E-state index in [1.54, 1.807) is 12.3 Å². The van der Waals surface area contributed by atoms with Crippen LogP contribution in [-0.4, -0.2) is 10.1 Å². The molecular weight excluding hydrogens is 316 g/mol. The van der Waals surface area contributed by atoms with Gasteiger partial charge in [-0.1, -0.05) is 28.9 Å². The minimum absolute atomic E-state index is 0.0997. The number of hydrogen-bond donors (Lipinski definition) is 2. The van der Waals surface area contributed by atoms with Crippen molar-refractivity contribution in [1.82, 2.24) is 10.3 Å². The molecular formula is C16H19BrN2O. The molecule has 1 aromatic carbocycles. The number of hydrogen-bond acceptors (Lipinski definition) is 3. The summed E-state index contributed by atoms with van der Waals surface area (Å²) < 4.78 is 0.972. The third kappa shape index (κ3) is 3.58. The third-order valence-corrected chi connectivity index (χ3v) is 3.90. The molecule has 2 N–H and O–H groups in total. The molecule has 2 atom stereocenters. The number of halogens is 1. The van der Waals surface area contributed by atoms with Gasteiger partial charge < -0.3 is 10.4 Å². The largest absolute Gasteiger partial charge is 0.508 e. The maximum atomic E-state index is 10.0. The molecule has 0 aliphatic heterocycles. The lowest BCUT2D eigenvalue weighted by atomic mass is 10.0. The molecule has 0 saturated heterocycles. The SMILES string of the molecule is CCC(N[C@H](C)c1cccnc1)c1cc(Br)ccc1O. The fourth-order valence-corrected chi connectivity index (χ4v) is 2.64. The monoisotopic (exact) mass is 334 g/mol. The van der Waals surface area contributed by atoms with Crippen LogP contribution in [0.3, 0.4) is 0 Å². The molecule has 3 nitrogen and oxygen atoms in total. The number of phenolic OH excluding ortho intramolecular Hbond substituents is 1. The molecule has 106 valence electrons. The first-order chi connectivity index (χ1) is 9.61.